The molecule has 17 heavy (non-hydrogen) atoms. The zero-order valence-electron chi connectivity index (χ0n) is 10.1. The van der Waals surface area contributed by atoms with Crippen molar-refractivity contribution < 1.29 is 4.79 Å². The van der Waals surface area contributed by atoms with Gasteiger partial charge in [-0.25, -0.2) is 0 Å². The molecule has 0 saturated heterocycles. The number of carbonyl (C=O) groups is 1. The van der Waals surface area contributed by atoms with Gasteiger partial charge in [-0.05, 0) is 24.5 Å². The summed E-state index contributed by atoms with van der Waals surface area (Å²) in [5.74, 6) is 0.404. The van der Waals surface area contributed by atoms with Gasteiger partial charge in [-0.1, -0.05) is 37.5 Å². The number of nitrogens with one attached hydrogen (secondary N) is 1. The number of nitrogen functional groups attached to an aromatic ring is 1. The van der Waals surface area contributed by atoms with Crippen LogP contribution in [0.4, 0.5) is 5.69 Å². The minimum Gasteiger partial charge on any atom is -0.398 e. The Bertz CT molecular complexity index is 384. The number of amides is 1. The summed E-state index contributed by atoms with van der Waals surface area (Å²) in [6, 6.07) is 7.67. The van der Waals surface area contributed by atoms with Gasteiger partial charge in [-0.3, -0.25) is 4.79 Å². The topological polar surface area (TPSA) is 55.1 Å². The molecular formula is C14H20N2O. The van der Waals surface area contributed by atoms with Crippen molar-refractivity contribution in [2.75, 3.05) is 5.73 Å². The molecule has 3 heteroatoms. The van der Waals surface area contributed by atoms with Gasteiger partial charge in [-0.2, -0.15) is 0 Å². The van der Waals surface area contributed by atoms with Gasteiger partial charge in [0.15, 0.2) is 0 Å². The number of hydrogen-bond acceptors (Lipinski definition) is 2. The van der Waals surface area contributed by atoms with Crippen LogP contribution in [0.2, 0.25) is 0 Å². The summed E-state index contributed by atoms with van der Waals surface area (Å²) in [4.78, 5) is 11.9. The van der Waals surface area contributed by atoms with Crippen LogP contribution in [0.5, 0.6) is 0 Å². The van der Waals surface area contributed by atoms with Crippen molar-refractivity contribution in [3.8, 4) is 0 Å². The predicted octanol–water partition coefficient (Wildman–Crippen LogP) is 2.47. The smallest absolute Gasteiger partial charge is 0.223 e. The Balaban J connectivity index is 1.85. The first-order chi connectivity index (χ1) is 8.27. The number of hydrogen-bond donors (Lipinski definition) is 2. The molecule has 3 nitrogen and oxygen atoms in total. The lowest BCUT2D eigenvalue weighted by molar-refractivity contribution is -0.126. The average molecular weight is 232 g/mol. The number of nitrogens with two attached hydrogens (primary N) is 1. The monoisotopic (exact) mass is 232 g/mol. The number of benzene rings is 1. The molecule has 2 rings (SSSR count). The third kappa shape index (κ3) is 3.22. The van der Waals surface area contributed by atoms with E-state index < -0.39 is 0 Å². The van der Waals surface area contributed by atoms with Crippen LogP contribution < -0.4 is 11.1 Å². The van der Waals surface area contributed by atoms with E-state index in [4.69, 9.17) is 5.73 Å². The van der Waals surface area contributed by atoms with Gasteiger partial charge in [0.05, 0.1) is 0 Å². The summed E-state index contributed by atoms with van der Waals surface area (Å²) in [6.07, 6.45) is 5.72. The van der Waals surface area contributed by atoms with Crippen molar-refractivity contribution in [1.82, 2.24) is 5.32 Å². The minimum atomic E-state index is 0.188. The molecule has 0 unspecified atom stereocenters. The van der Waals surface area contributed by atoms with Gasteiger partial charge in [0.2, 0.25) is 5.91 Å². The fraction of sp³-hybridized carbons (Fsp3) is 0.500. The molecule has 0 aliphatic heterocycles. The first kappa shape index (κ1) is 12.0. The Kier molecular flexibility index (Phi) is 4.02. The van der Waals surface area contributed by atoms with Crippen LogP contribution >= 0.6 is 0 Å². The summed E-state index contributed by atoms with van der Waals surface area (Å²) in [6.45, 7) is 0.544. The molecule has 1 aromatic rings. The zero-order valence-corrected chi connectivity index (χ0v) is 10.1. The molecule has 92 valence electrons. The summed E-state index contributed by atoms with van der Waals surface area (Å²) < 4.78 is 0. The van der Waals surface area contributed by atoms with Gasteiger partial charge in [-0.15, -0.1) is 0 Å². The molecule has 1 fully saturated rings. The third-order valence-corrected chi connectivity index (χ3v) is 3.48. The summed E-state index contributed by atoms with van der Waals surface area (Å²) in [7, 11) is 0. The molecule has 1 saturated carbocycles. The highest BCUT2D eigenvalue weighted by atomic mass is 16.1. The Hall–Kier alpha value is -1.51. The second-order valence-electron chi connectivity index (χ2n) is 4.75. The first-order valence-electron chi connectivity index (χ1n) is 6.38. The molecule has 0 bridgehead atoms. The molecule has 0 radical (unpaired) electrons. The van der Waals surface area contributed by atoms with Gasteiger partial charge in [0.25, 0.3) is 0 Å². The summed E-state index contributed by atoms with van der Waals surface area (Å²) in [5.41, 5.74) is 7.58. The van der Waals surface area contributed by atoms with Crippen molar-refractivity contribution in [2.24, 2.45) is 5.92 Å². The van der Waals surface area contributed by atoms with Crippen LogP contribution in [-0.2, 0) is 11.3 Å². The molecule has 0 aromatic heterocycles. The number of anilines is 1. The Morgan fingerprint density at radius 2 is 1.94 bits per heavy atom. The maximum absolute atomic E-state index is 11.9. The summed E-state index contributed by atoms with van der Waals surface area (Å²) >= 11 is 0. The fourth-order valence-electron chi connectivity index (χ4n) is 2.39. The van der Waals surface area contributed by atoms with E-state index in [9.17, 15) is 4.79 Å². The highest BCUT2D eigenvalue weighted by Crippen LogP contribution is 2.23. The van der Waals surface area contributed by atoms with Crippen molar-refractivity contribution in [1.29, 1.82) is 0 Å². The van der Waals surface area contributed by atoms with E-state index in [0.29, 0.717) is 6.54 Å². The van der Waals surface area contributed by atoms with Crippen molar-refractivity contribution >= 4 is 11.6 Å². The zero-order chi connectivity index (χ0) is 12.1. The number of carbonyl (C=O) groups excluding carboxylic acids is 1. The first-order valence-corrected chi connectivity index (χ1v) is 6.38. The average Bonchev–Trinajstić information content (AvgIpc) is 2.38. The number of rotatable bonds is 3. The second-order valence-corrected chi connectivity index (χ2v) is 4.75. The lowest BCUT2D eigenvalue weighted by Gasteiger charge is -2.20. The van der Waals surface area contributed by atoms with E-state index in [-0.39, 0.29) is 11.8 Å². The maximum atomic E-state index is 11.9. The molecule has 3 N–H and O–H groups in total. The third-order valence-electron chi connectivity index (χ3n) is 3.48. The molecule has 1 amide bonds. The standard InChI is InChI=1S/C14H20N2O/c15-13-9-5-4-8-12(13)10-16-14(17)11-6-2-1-3-7-11/h4-5,8-9,11H,1-3,6-7,10,15H2,(H,16,17). The van der Waals surface area contributed by atoms with Crippen LogP contribution in [-0.4, -0.2) is 5.91 Å². The van der Waals surface area contributed by atoms with E-state index >= 15 is 0 Å². The van der Waals surface area contributed by atoms with Crippen molar-refractivity contribution in [3.63, 3.8) is 0 Å². The molecular weight excluding hydrogens is 212 g/mol. The van der Waals surface area contributed by atoms with Gasteiger partial charge < -0.3 is 11.1 Å². The van der Waals surface area contributed by atoms with E-state index in [1.165, 1.54) is 19.3 Å². The highest BCUT2D eigenvalue weighted by molar-refractivity contribution is 5.78. The minimum absolute atomic E-state index is 0.188. The van der Waals surface area contributed by atoms with Gasteiger partial charge in [0.1, 0.15) is 0 Å². The lowest BCUT2D eigenvalue weighted by atomic mass is 9.88. The SMILES string of the molecule is Nc1ccccc1CNC(=O)C1CCCCC1. The predicted molar refractivity (Wildman–Crippen MR) is 69.3 cm³/mol. The number of para-hydroxylation sites is 1. The molecule has 0 spiro atoms. The van der Waals surface area contributed by atoms with Crippen LogP contribution in [0.25, 0.3) is 0 Å². The van der Waals surface area contributed by atoms with Crippen LogP contribution in [0.15, 0.2) is 24.3 Å². The van der Waals surface area contributed by atoms with Crippen molar-refractivity contribution in [3.05, 3.63) is 29.8 Å². The normalized spacial score (nSPS) is 16.7. The highest BCUT2D eigenvalue weighted by Gasteiger charge is 2.20. The molecule has 1 aliphatic rings. The molecule has 1 aromatic carbocycles. The van der Waals surface area contributed by atoms with Crippen LogP contribution in [0.1, 0.15) is 37.7 Å². The van der Waals surface area contributed by atoms with Crippen LogP contribution in [0.3, 0.4) is 0 Å². The van der Waals surface area contributed by atoms with Crippen molar-refractivity contribution in [2.45, 2.75) is 38.6 Å². The van der Waals surface area contributed by atoms with E-state index in [1.807, 2.05) is 24.3 Å². The van der Waals surface area contributed by atoms with E-state index in [2.05, 4.69) is 5.32 Å². The Morgan fingerprint density at radius 1 is 1.24 bits per heavy atom. The quantitative estimate of drug-likeness (QED) is 0.786. The van der Waals surface area contributed by atoms with E-state index in [1.54, 1.807) is 0 Å². The Morgan fingerprint density at radius 3 is 2.65 bits per heavy atom. The van der Waals surface area contributed by atoms with Crippen LogP contribution in [0, 0.1) is 5.92 Å². The molecule has 1 aliphatic carbocycles. The van der Waals surface area contributed by atoms with E-state index in [0.717, 1.165) is 24.1 Å². The second kappa shape index (κ2) is 5.71. The van der Waals surface area contributed by atoms with Gasteiger partial charge in [0, 0.05) is 18.2 Å². The summed E-state index contributed by atoms with van der Waals surface area (Å²) in [5, 5.41) is 2.99. The molecule has 0 atom stereocenters. The largest absolute Gasteiger partial charge is 0.398 e. The fourth-order valence-corrected chi connectivity index (χ4v) is 2.39. The lowest BCUT2D eigenvalue weighted by Crippen LogP contribution is -2.31. The Labute approximate surface area is 102 Å². The van der Waals surface area contributed by atoms with Gasteiger partial charge >= 0.3 is 0 Å². The maximum Gasteiger partial charge on any atom is 0.223 e. The molecule has 0 heterocycles.